The number of unbranched alkanes of at least 4 members (excludes halogenated alkanes) is 2. The summed E-state index contributed by atoms with van der Waals surface area (Å²) in [6.07, 6.45) is 12.5. The minimum Gasteiger partial charge on any atom is -0.396 e. The van der Waals surface area contributed by atoms with Gasteiger partial charge in [0.15, 0.2) is 0 Å². The lowest BCUT2D eigenvalue weighted by Gasteiger charge is -2.13. The normalized spacial score (nSPS) is 15.7. The molecule has 1 saturated carbocycles. The van der Waals surface area contributed by atoms with Crippen LogP contribution in [0.15, 0.2) is 0 Å². The van der Waals surface area contributed by atoms with Gasteiger partial charge in [0.1, 0.15) is 0 Å². The van der Waals surface area contributed by atoms with Gasteiger partial charge in [-0.1, -0.05) is 59.3 Å². The van der Waals surface area contributed by atoms with E-state index in [4.69, 9.17) is 10.2 Å². The molecular weight excluding hydrogens is 264 g/mol. The highest BCUT2D eigenvalue weighted by molar-refractivity contribution is 4.69. The molecule has 0 aromatic carbocycles. The number of aliphatic hydroxyl groups excluding tert-OH is 3. The Kier molecular flexibility index (Phi) is 21.9. The van der Waals surface area contributed by atoms with Gasteiger partial charge in [-0.3, -0.25) is 0 Å². The second-order valence-corrected chi connectivity index (χ2v) is 5.68. The lowest BCUT2D eigenvalue weighted by Crippen LogP contribution is -2.08. The highest BCUT2D eigenvalue weighted by Crippen LogP contribution is 2.29. The smallest absolute Gasteiger partial charge is 0.0540 e. The average molecular weight is 305 g/mol. The third-order valence-electron chi connectivity index (χ3n) is 3.80. The third kappa shape index (κ3) is 17.8. The van der Waals surface area contributed by atoms with Gasteiger partial charge in [0, 0.05) is 13.2 Å². The zero-order valence-electron chi connectivity index (χ0n) is 14.7. The van der Waals surface area contributed by atoms with Gasteiger partial charge in [-0.25, -0.2) is 0 Å². The summed E-state index contributed by atoms with van der Waals surface area (Å²) in [4.78, 5) is 0. The molecule has 1 aliphatic carbocycles. The fourth-order valence-corrected chi connectivity index (χ4v) is 2.54. The molecule has 0 spiro atoms. The van der Waals surface area contributed by atoms with E-state index in [1.807, 2.05) is 20.8 Å². The molecule has 0 aromatic heterocycles. The maximum absolute atomic E-state index is 9.75. The Labute approximate surface area is 132 Å². The predicted molar refractivity (Wildman–Crippen MR) is 91.5 cm³/mol. The molecule has 1 unspecified atom stereocenters. The number of aliphatic hydroxyl groups is 3. The molecular formula is C18H40O3. The maximum atomic E-state index is 9.75. The lowest BCUT2D eigenvalue weighted by molar-refractivity contribution is 0.140. The minimum atomic E-state index is -0.0932. The summed E-state index contributed by atoms with van der Waals surface area (Å²) < 4.78 is 0. The van der Waals surface area contributed by atoms with E-state index in [0.717, 1.165) is 44.4 Å². The molecule has 0 heterocycles. The first-order chi connectivity index (χ1) is 10.2. The van der Waals surface area contributed by atoms with Crippen molar-refractivity contribution < 1.29 is 15.3 Å². The van der Waals surface area contributed by atoms with Gasteiger partial charge < -0.3 is 15.3 Å². The van der Waals surface area contributed by atoms with Gasteiger partial charge in [0.25, 0.3) is 0 Å². The molecule has 1 fully saturated rings. The average Bonchev–Trinajstić information content (AvgIpc) is 3.05. The summed E-state index contributed by atoms with van der Waals surface area (Å²) in [5, 5.41) is 26.2. The Morgan fingerprint density at radius 2 is 1.48 bits per heavy atom. The maximum Gasteiger partial charge on any atom is 0.0540 e. The van der Waals surface area contributed by atoms with Gasteiger partial charge >= 0.3 is 0 Å². The van der Waals surface area contributed by atoms with Crippen molar-refractivity contribution in [2.45, 2.75) is 97.5 Å². The molecule has 21 heavy (non-hydrogen) atoms. The van der Waals surface area contributed by atoms with Crippen LogP contribution in [0.2, 0.25) is 0 Å². The number of hydrogen-bond donors (Lipinski definition) is 3. The zero-order chi connectivity index (χ0) is 16.3. The molecule has 0 aliphatic heterocycles. The quantitative estimate of drug-likeness (QED) is 0.557. The van der Waals surface area contributed by atoms with Crippen molar-refractivity contribution in [3.05, 3.63) is 0 Å². The Balaban J connectivity index is 0. The van der Waals surface area contributed by atoms with Crippen LogP contribution in [-0.2, 0) is 0 Å². The van der Waals surface area contributed by atoms with E-state index in [1.165, 1.54) is 32.1 Å². The van der Waals surface area contributed by atoms with Crippen LogP contribution in [0.1, 0.15) is 91.4 Å². The summed E-state index contributed by atoms with van der Waals surface area (Å²) in [5.41, 5.74) is 0. The highest BCUT2D eigenvalue weighted by Gasteiger charge is 2.16. The van der Waals surface area contributed by atoms with Crippen LogP contribution in [0.25, 0.3) is 0 Å². The fraction of sp³-hybridized carbons (Fsp3) is 1.00. The minimum absolute atomic E-state index is 0.0932. The van der Waals surface area contributed by atoms with E-state index in [0.29, 0.717) is 6.61 Å². The number of rotatable bonds is 9. The summed E-state index contributed by atoms with van der Waals surface area (Å²) in [7, 11) is 0. The van der Waals surface area contributed by atoms with Crippen molar-refractivity contribution in [1.29, 1.82) is 0 Å². The van der Waals surface area contributed by atoms with E-state index in [-0.39, 0.29) is 12.7 Å². The van der Waals surface area contributed by atoms with Crippen LogP contribution < -0.4 is 0 Å². The van der Waals surface area contributed by atoms with Crippen molar-refractivity contribution in [3.63, 3.8) is 0 Å². The van der Waals surface area contributed by atoms with Crippen LogP contribution in [0, 0.1) is 5.92 Å². The molecule has 1 atom stereocenters. The molecule has 0 bridgehead atoms. The standard InChI is InChI=1S/C13H26O2.C3H8O.C2H6/c14-11-5-1-2-8-13(15)10-9-12-6-3-4-7-12;1-2-3-4;1-2/h12-15H,1-11H2;4H,2-3H2,1H3;1-2H3. The largest absolute Gasteiger partial charge is 0.396 e. The first-order valence-corrected chi connectivity index (χ1v) is 9.14. The highest BCUT2D eigenvalue weighted by atomic mass is 16.3. The molecule has 1 aliphatic rings. The van der Waals surface area contributed by atoms with Crippen LogP contribution in [0.3, 0.4) is 0 Å². The summed E-state index contributed by atoms with van der Waals surface area (Å²) >= 11 is 0. The zero-order valence-corrected chi connectivity index (χ0v) is 14.7. The summed E-state index contributed by atoms with van der Waals surface area (Å²) in [6, 6.07) is 0. The van der Waals surface area contributed by atoms with Crippen molar-refractivity contribution >= 4 is 0 Å². The molecule has 0 saturated heterocycles. The van der Waals surface area contributed by atoms with Crippen molar-refractivity contribution in [3.8, 4) is 0 Å². The third-order valence-corrected chi connectivity index (χ3v) is 3.80. The second-order valence-electron chi connectivity index (χ2n) is 5.68. The molecule has 0 amide bonds. The van der Waals surface area contributed by atoms with Crippen LogP contribution >= 0.6 is 0 Å². The van der Waals surface area contributed by atoms with Gasteiger partial charge in [0.2, 0.25) is 0 Å². The van der Waals surface area contributed by atoms with E-state index in [9.17, 15) is 5.11 Å². The van der Waals surface area contributed by atoms with Gasteiger partial charge in [-0.2, -0.15) is 0 Å². The molecule has 3 nitrogen and oxygen atoms in total. The topological polar surface area (TPSA) is 60.7 Å². The first kappa shape index (κ1) is 23.2. The van der Waals surface area contributed by atoms with Gasteiger partial charge in [0.05, 0.1) is 6.10 Å². The van der Waals surface area contributed by atoms with Gasteiger partial charge in [-0.05, 0) is 38.0 Å². The van der Waals surface area contributed by atoms with Crippen LogP contribution in [0.4, 0.5) is 0 Å². The number of hydrogen-bond acceptors (Lipinski definition) is 3. The van der Waals surface area contributed by atoms with E-state index < -0.39 is 0 Å². The fourth-order valence-electron chi connectivity index (χ4n) is 2.54. The Hall–Kier alpha value is -0.120. The predicted octanol–water partition coefficient (Wildman–Crippen LogP) is 4.29. The van der Waals surface area contributed by atoms with Gasteiger partial charge in [-0.15, -0.1) is 0 Å². The summed E-state index contributed by atoms with van der Waals surface area (Å²) in [5.74, 6) is 0.900. The Morgan fingerprint density at radius 3 is 1.95 bits per heavy atom. The van der Waals surface area contributed by atoms with E-state index >= 15 is 0 Å². The molecule has 0 aromatic rings. The molecule has 3 N–H and O–H groups in total. The van der Waals surface area contributed by atoms with Crippen LogP contribution in [0.5, 0.6) is 0 Å². The van der Waals surface area contributed by atoms with E-state index in [1.54, 1.807) is 0 Å². The molecule has 3 heteroatoms. The molecule has 1 rings (SSSR count). The summed E-state index contributed by atoms with van der Waals surface area (Å²) in [6.45, 7) is 6.54. The van der Waals surface area contributed by atoms with Crippen LogP contribution in [-0.4, -0.2) is 34.6 Å². The first-order valence-electron chi connectivity index (χ1n) is 9.14. The van der Waals surface area contributed by atoms with Crippen molar-refractivity contribution in [2.24, 2.45) is 5.92 Å². The second kappa shape index (κ2) is 19.9. The molecule has 0 radical (unpaired) electrons. The Bertz CT molecular complexity index is 166. The monoisotopic (exact) mass is 304 g/mol. The molecule has 130 valence electrons. The van der Waals surface area contributed by atoms with Crippen molar-refractivity contribution in [1.82, 2.24) is 0 Å². The van der Waals surface area contributed by atoms with E-state index in [2.05, 4.69) is 0 Å². The lowest BCUT2D eigenvalue weighted by atomic mass is 9.97. The SMILES string of the molecule is CC.CCCO.OCCCCCC(O)CCC1CCCC1. The Morgan fingerprint density at radius 1 is 0.905 bits per heavy atom. The van der Waals surface area contributed by atoms with Crippen molar-refractivity contribution in [2.75, 3.05) is 13.2 Å².